The van der Waals surface area contributed by atoms with Crippen molar-refractivity contribution in [1.29, 1.82) is 0 Å². The second-order valence-corrected chi connectivity index (χ2v) is 8.45. The molecule has 0 spiro atoms. The van der Waals surface area contributed by atoms with Gasteiger partial charge < -0.3 is 24.4 Å². The first-order valence-corrected chi connectivity index (χ1v) is 11.8. The van der Waals surface area contributed by atoms with Gasteiger partial charge in [0.25, 0.3) is 5.91 Å². The molecule has 8 heteroatoms. The zero-order valence-electron chi connectivity index (χ0n) is 19.2. The number of Topliss-reactive ketones (excluding diaryl/α,β-unsaturated/α-hetero) is 1. The molecule has 1 aromatic carbocycles. The number of ether oxygens (including phenoxy) is 2. The number of carbonyl (C=O) groups excluding carboxylic acids is 2. The number of likely N-dealkylation sites (N-methyl/N-ethyl adjacent to an activating group) is 1. The lowest BCUT2D eigenvalue weighted by molar-refractivity contribution is -0.129. The summed E-state index contributed by atoms with van der Waals surface area (Å²) in [6.45, 7) is 10.8. The molecule has 176 valence electrons. The number of aliphatic hydroxyl groups is 1. The van der Waals surface area contributed by atoms with Crippen LogP contribution in [0.5, 0.6) is 11.5 Å². The first-order valence-electron chi connectivity index (χ1n) is 10.9. The summed E-state index contributed by atoms with van der Waals surface area (Å²) in [4.78, 5) is 30.7. The van der Waals surface area contributed by atoms with Gasteiger partial charge in [0.1, 0.15) is 6.61 Å². The van der Waals surface area contributed by atoms with Crippen LogP contribution in [0.4, 0.5) is 0 Å². The summed E-state index contributed by atoms with van der Waals surface area (Å²) in [7, 11) is 1.53. The Bertz CT molecular complexity index is 1030. The fraction of sp³-hybridized carbons (Fsp3) is 0.360. The second-order valence-electron chi connectivity index (χ2n) is 7.51. The summed E-state index contributed by atoms with van der Waals surface area (Å²) < 4.78 is 11.1. The van der Waals surface area contributed by atoms with Crippen molar-refractivity contribution in [1.82, 2.24) is 9.80 Å². The normalized spacial score (nSPS) is 15.9. The maximum atomic E-state index is 13.3. The summed E-state index contributed by atoms with van der Waals surface area (Å²) in [5, 5.41) is 12.6. The average Bonchev–Trinajstić information content (AvgIpc) is 3.46. The predicted octanol–water partition coefficient (Wildman–Crippen LogP) is 4.24. The van der Waals surface area contributed by atoms with Crippen LogP contribution in [0.15, 0.2) is 59.7 Å². The highest BCUT2D eigenvalue weighted by molar-refractivity contribution is 7.12. The quantitative estimate of drug-likeness (QED) is 0.369. The van der Waals surface area contributed by atoms with Gasteiger partial charge in [0.2, 0.25) is 5.78 Å². The van der Waals surface area contributed by atoms with E-state index in [4.69, 9.17) is 9.47 Å². The van der Waals surface area contributed by atoms with Crippen molar-refractivity contribution >= 4 is 23.0 Å². The molecule has 0 aliphatic carbocycles. The number of ketones is 1. The Morgan fingerprint density at radius 2 is 2.03 bits per heavy atom. The van der Waals surface area contributed by atoms with Crippen molar-refractivity contribution in [2.24, 2.45) is 0 Å². The third kappa shape index (κ3) is 5.12. The molecule has 0 fully saturated rings. The van der Waals surface area contributed by atoms with Crippen LogP contribution in [0.25, 0.3) is 0 Å². The third-order valence-electron chi connectivity index (χ3n) is 5.70. The second kappa shape index (κ2) is 11.2. The number of hydrogen-bond acceptors (Lipinski definition) is 7. The van der Waals surface area contributed by atoms with Gasteiger partial charge in [-0.15, -0.1) is 11.3 Å². The average molecular weight is 471 g/mol. The van der Waals surface area contributed by atoms with E-state index in [1.807, 2.05) is 0 Å². The molecule has 0 bridgehead atoms. The van der Waals surface area contributed by atoms with E-state index in [0.29, 0.717) is 41.6 Å². The number of amides is 1. The Morgan fingerprint density at radius 3 is 2.64 bits per heavy atom. The summed E-state index contributed by atoms with van der Waals surface area (Å²) in [5.74, 6) is -0.390. The van der Waals surface area contributed by atoms with Crippen molar-refractivity contribution in [3.63, 3.8) is 0 Å². The Balaban J connectivity index is 2.04. The molecule has 33 heavy (non-hydrogen) atoms. The number of hydrogen-bond donors (Lipinski definition) is 1. The molecule has 1 N–H and O–H groups in total. The van der Waals surface area contributed by atoms with Gasteiger partial charge in [0, 0.05) is 13.1 Å². The number of methoxy groups -OCH3 is 1. The van der Waals surface area contributed by atoms with Crippen LogP contribution < -0.4 is 9.47 Å². The van der Waals surface area contributed by atoms with Gasteiger partial charge in [-0.25, -0.2) is 0 Å². The first kappa shape index (κ1) is 24.5. The minimum Gasteiger partial charge on any atom is -0.503 e. The largest absolute Gasteiger partial charge is 0.503 e. The van der Waals surface area contributed by atoms with E-state index in [0.717, 1.165) is 13.1 Å². The van der Waals surface area contributed by atoms with Gasteiger partial charge in [-0.3, -0.25) is 9.59 Å². The van der Waals surface area contributed by atoms with Crippen LogP contribution in [0.1, 0.15) is 35.1 Å². The number of aliphatic hydroxyl groups excluding tert-OH is 1. The van der Waals surface area contributed by atoms with E-state index in [-0.39, 0.29) is 11.4 Å². The minimum absolute atomic E-state index is 0.0869. The van der Waals surface area contributed by atoms with Crippen LogP contribution >= 0.6 is 11.3 Å². The summed E-state index contributed by atoms with van der Waals surface area (Å²) in [5.41, 5.74) is 0.749. The zero-order chi connectivity index (χ0) is 24.0. The molecule has 1 aliphatic rings. The molecule has 3 rings (SSSR count). The highest BCUT2D eigenvalue weighted by atomic mass is 32.1. The molecule has 1 aromatic heterocycles. The Labute approximate surface area is 198 Å². The number of carbonyl (C=O) groups is 2. The van der Waals surface area contributed by atoms with Gasteiger partial charge in [-0.1, -0.05) is 38.6 Å². The lowest BCUT2D eigenvalue weighted by Crippen LogP contribution is -2.38. The Hall–Kier alpha value is -3.10. The van der Waals surface area contributed by atoms with E-state index in [2.05, 4.69) is 25.3 Å². The highest BCUT2D eigenvalue weighted by Crippen LogP contribution is 2.42. The molecule has 0 radical (unpaired) electrons. The fourth-order valence-corrected chi connectivity index (χ4v) is 4.59. The molecule has 1 unspecified atom stereocenters. The van der Waals surface area contributed by atoms with E-state index in [1.54, 1.807) is 46.7 Å². The van der Waals surface area contributed by atoms with Gasteiger partial charge in [0.05, 0.1) is 23.6 Å². The van der Waals surface area contributed by atoms with Crippen LogP contribution in [-0.2, 0) is 4.79 Å². The van der Waals surface area contributed by atoms with Crippen molar-refractivity contribution < 1.29 is 24.2 Å². The number of nitrogens with zero attached hydrogens (tertiary/aromatic N) is 2. The van der Waals surface area contributed by atoms with Gasteiger partial charge in [-0.2, -0.15) is 0 Å². The van der Waals surface area contributed by atoms with Crippen molar-refractivity contribution in [3.05, 3.63) is 70.1 Å². The Morgan fingerprint density at radius 1 is 1.27 bits per heavy atom. The molecule has 7 nitrogen and oxygen atoms in total. The molecular formula is C25H30N2O5S. The molecule has 1 amide bonds. The maximum absolute atomic E-state index is 13.3. The smallest absolute Gasteiger partial charge is 0.290 e. The molecule has 1 atom stereocenters. The lowest BCUT2D eigenvalue weighted by Gasteiger charge is -2.29. The molecular weight excluding hydrogens is 440 g/mol. The number of benzene rings is 1. The molecule has 2 heterocycles. The van der Waals surface area contributed by atoms with Crippen LogP contribution in [0.2, 0.25) is 0 Å². The van der Waals surface area contributed by atoms with Gasteiger partial charge >= 0.3 is 0 Å². The van der Waals surface area contributed by atoms with Gasteiger partial charge in [0.15, 0.2) is 17.3 Å². The highest BCUT2D eigenvalue weighted by Gasteiger charge is 2.44. The first-order chi connectivity index (χ1) is 16.0. The molecule has 0 saturated carbocycles. The minimum atomic E-state index is -0.731. The lowest BCUT2D eigenvalue weighted by atomic mass is 9.95. The van der Waals surface area contributed by atoms with Crippen LogP contribution in [0.3, 0.4) is 0 Å². The molecule has 1 aliphatic heterocycles. The van der Waals surface area contributed by atoms with E-state index >= 15 is 0 Å². The van der Waals surface area contributed by atoms with Crippen molar-refractivity contribution in [3.8, 4) is 11.5 Å². The Kier molecular flexibility index (Phi) is 8.30. The SMILES string of the molecule is C=CCOc1ccc(C2C(C(=O)c3cccs3)=C(O)C(=O)N2CCN(CC)CC)cc1OC. The standard InChI is InChI=1S/C25H30N2O5S/c1-5-14-32-18-11-10-17(16-19(18)31-4)22-21(23(28)20-9-8-15-33-20)24(29)25(30)27(22)13-12-26(6-2)7-3/h5,8-11,15-16,22,29H,1,6-7,12-14H2,2-4H3. The zero-order valence-corrected chi connectivity index (χ0v) is 20.1. The fourth-order valence-electron chi connectivity index (χ4n) is 3.91. The molecule has 2 aromatic rings. The van der Waals surface area contributed by atoms with E-state index < -0.39 is 17.7 Å². The van der Waals surface area contributed by atoms with E-state index in [1.165, 1.54) is 18.4 Å². The summed E-state index contributed by atoms with van der Waals surface area (Å²) in [6, 6.07) is 8.02. The monoisotopic (exact) mass is 470 g/mol. The predicted molar refractivity (Wildman–Crippen MR) is 129 cm³/mol. The molecule has 0 saturated heterocycles. The van der Waals surface area contributed by atoms with E-state index in [9.17, 15) is 14.7 Å². The summed E-state index contributed by atoms with van der Waals surface area (Å²) >= 11 is 1.28. The maximum Gasteiger partial charge on any atom is 0.290 e. The van der Waals surface area contributed by atoms with Crippen LogP contribution in [-0.4, -0.2) is 66.5 Å². The van der Waals surface area contributed by atoms with Crippen molar-refractivity contribution in [2.75, 3.05) is 39.9 Å². The number of rotatable bonds is 12. The summed E-state index contributed by atoms with van der Waals surface area (Å²) in [6.07, 6.45) is 1.64. The van der Waals surface area contributed by atoms with Gasteiger partial charge in [-0.05, 0) is 42.2 Å². The number of thiophene rings is 1. The third-order valence-corrected chi connectivity index (χ3v) is 6.57. The van der Waals surface area contributed by atoms with Crippen LogP contribution in [0, 0.1) is 0 Å². The topological polar surface area (TPSA) is 79.3 Å². The van der Waals surface area contributed by atoms with Crippen molar-refractivity contribution in [2.45, 2.75) is 19.9 Å².